The first-order valence-electron chi connectivity index (χ1n) is 4.97. The highest BCUT2D eigenvalue weighted by Crippen LogP contribution is 2.08. The summed E-state index contributed by atoms with van der Waals surface area (Å²) in [6, 6.07) is 8.12. The molecule has 0 amide bonds. The molecule has 0 atom stereocenters. The van der Waals surface area contributed by atoms with Gasteiger partial charge in [-0.1, -0.05) is 24.6 Å². The van der Waals surface area contributed by atoms with Crippen molar-refractivity contribution in [1.29, 1.82) is 0 Å². The van der Waals surface area contributed by atoms with Crippen LogP contribution in [0.1, 0.15) is 12.5 Å². The van der Waals surface area contributed by atoms with Crippen LogP contribution in [0.2, 0.25) is 0 Å². The minimum Gasteiger partial charge on any atom is -0.332 e. The SMILES string of the molecule is CCN(C)NC(=S)Nc1ccc(C)cc1. The third-order valence-electron chi connectivity index (χ3n) is 2.08. The summed E-state index contributed by atoms with van der Waals surface area (Å²) in [4.78, 5) is 0. The molecule has 0 saturated heterocycles. The molecule has 0 bridgehead atoms. The van der Waals surface area contributed by atoms with Gasteiger partial charge in [0.25, 0.3) is 0 Å². The fraction of sp³-hybridized carbons (Fsp3) is 0.364. The van der Waals surface area contributed by atoms with Gasteiger partial charge in [-0.25, -0.2) is 5.01 Å². The molecule has 0 fully saturated rings. The maximum absolute atomic E-state index is 5.15. The van der Waals surface area contributed by atoms with Crippen molar-refractivity contribution in [2.75, 3.05) is 18.9 Å². The second kappa shape index (κ2) is 5.68. The Bertz CT molecular complexity index is 321. The van der Waals surface area contributed by atoms with Gasteiger partial charge in [-0.3, -0.25) is 5.43 Å². The van der Waals surface area contributed by atoms with Crippen LogP contribution < -0.4 is 10.7 Å². The Morgan fingerprint density at radius 2 is 1.93 bits per heavy atom. The first-order valence-corrected chi connectivity index (χ1v) is 5.38. The molecule has 0 aliphatic carbocycles. The van der Waals surface area contributed by atoms with Crippen LogP contribution in [-0.2, 0) is 0 Å². The molecule has 0 radical (unpaired) electrons. The average molecular weight is 223 g/mol. The number of benzene rings is 1. The fourth-order valence-electron chi connectivity index (χ4n) is 1.05. The van der Waals surface area contributed by atoms with Crippen molar-refractivity contribution in [3.8, 4) is 0 Å². The van der Waals surface area contributed by atoms with Crippen LogP contribution in [0, 0.1) is 6.92 Å². The summed E-state index contributed by atoms with van der Waals surface area (Å²) < 4.78 is 0. The summed E-state index contributed by atoms with van der Waals surface area (Å²) in [6.07, 6.45) is 0. The Hall–Kier alpha value is -1.13. The van der Waals surface area contributed by atoms with Gasteiger partial charge in [0.15, 0.2) is 5.11 Å². The quantitative estimate of drug-likeness (QED) is 0.606. The summed E-state index contributed by atoms with van der Waals surface area (Å²) >= 11 is 5.15. The van der Waals surface area contributed by atoms with E-state index in [-0.39, 0.29) is 0 Å². The third-order valence-corrected chi connectivity index (χ3v) is 2.27. The van der Waals surface area contributed by atoms with Crippen molar-refractivity contribution in [1.82, 2.24) is 10.4 Å². The van der Waals surface area contributed by atoms with E-state index in [0.29, 0.717) is 5.11 Å². The average Bonchev–Trinajstić information content (AvgIpc) is 2.21. The van der Waals surface area contributed by atoms with Crippen LogP contribution in [0.3, 0.4) is 0 Å². The van der Waals surface area contributed by atoms with Crippen LogP contribution in [0.25, 0.3) is 0 Å². The Morgan fingerprint density at radius 1 is 1.33 bits per heavy atom. The normalized spacial score (nSPS) is 10.1. The number of nitrogens with one attached hydrogen (secondary N) is 2. The van der Waals surface area contributed by atoms with Gasteiger partial charge in [0.1, 0.15) is 0 Å². The molecular formula is C11H17N3S. The lowest BCUT2D eigenvalue weighted by molar-refractivity contribution is 0.312. The topological polar surface area (TPSA) is 27.3 Å². The number of anilines is 1. The van der Waals surface area contributed by atoms with E-state index in [1.54, 1.807) is 0 Å². The zero-order valence-electron chi connectivity index (χ0n) is 9.37. The maximum atomic E-state index is 5.15. The highest BCUT2D eigenvalue weighted by molar-refractivity contribution is 7.80. The number of hydrogen-bond donors (Lipinski definition) is 2. The second-order valence-corrected chi connectivity index (χ2v) is 3.85. The van der Waals surface area contributed by atoms with Crippen LogP contribution in [0.5, 0.6) is 0 Å². The van der Waals surface area contributed by atoms with Gasteiger partial charge < -0.3 is 5.32 Å². The highest BCUT2D eigenvalue weighted by atomic mass is 32.1. The molecule has 3 nitrogen and oxygen atoms in total. The summed E-state index contributed by atoms with van der Waals surface area (Å²) in [5.74, 6) is 0. The molecule has 1 rings (SSSR count). The molecule has 2 N–H and O–H groups in total. The minimum absolute atomic E-state index is 0.614. The van der Waals surface area contributed by atoms with Gasteiger partial charge in [0.05, 0.1) is 0 Å². The highest BCUT2D eigenvalue weighted by Gasteiger charge is 1.98. The molecule has 0 heterocycles. The molecular weight excluding hydrogens is 206 g/mol. The third kappa shape index (κ3) is 4.27. The molecule has 0 aliphatic rings. The first-order chi connectivity index (χ1) is 7.11. The number of nitrogens with zero attached hydrogens (tertiary/aromatic N) is 1. The van der Waals surface area contributed by atoms with Crippen LogP contribution in [0.15, 0.2) is 24.3 Å². The Morgan fingerprint density at radius 3 is 2.47 bits per heavy atom. The van der Waals surface area contributed by atoms with E-state index in [1.165, 1.54) is 5.56 Å². The van der Waals surface area contributed by atoms with E-state index in [1.807, 2.05) is 24.2 Å². The molecule has 1 aromatic carbocycles. The lowest BCUT2D eigenvalue weighted by atomic mass is 10.2. The van der Waals surface area contributed by atoms with Crippen molar-refractivity contribution >= 4 is 23.0 Å². The van der Waals surface area contributed by atoms with E-state index >= 15 is 0 Å². The zero-order valence-corrected chi connectivity index (χ0v) is 10.2. The zero-order chi connectivity index (χ0) is 11.3. The molecule has 0 aromatic heterocycles. The van der Waals surface area contributed by atoms with Crippen molar-refractivity contribution < 1.29 is 0 Å². The number of hydrazine groups is 1. The second-order valence-electron chi connectivity index (χ2n) is 3.45. The van der Waals surface area contributed by atoms with E-state index < -0.39 is 0 Å². The molecule has 0 saturated carbocycles. The Balaban J connectivity index is 2.48. The lowest BCUT2D eigenvalue weighted by Gasteiger charge is -2.18. The summed E-state index contributed by atoms with van der Waals surface area (Å²) in [5, 5.41) is 5.65. The lowest BCUT2D eigenvalue weighted by Crippen LogP contribution is -2.41. The van der Waals surface area contributed by atoms with Crippen molar-refractivity contribution in [3.63, 3.8) is 0 Å². The van der Waals surface area contributed by atoms with Gasteiger partial charge >= 0.3 is 0 Å². The van der Waals surface area contributed by atoms with Crippen LogP contribution in [-0.4, -0.2) is 23.7 Å². The van der Waals surface area contributed by atoms with Crippen LogP contribution in [0.4, 0.5) is 5.69 Å². The molecule has 0 aliphatic heterocycles. The molecule has 0 spiro atoms. The predicted molar refractivity (Wildman–Crippen MR) is 68.8 cm³/mol. The van der Waals surface area contributed by atoms with E-state index in [9.17, 15) is 0 Å². The van der Waals surface area contributed by atoms with Gasteiger partial charge in [-0.05, 0) is 31.3 Å². The molecule has 82 valence electrons. The largest absolute Gasteiger partial charge is 0.332 e. The van der Waals surface area contributed by atoms with Gasteiger partial charge in [0.2, 0.25) is 0 Å². The molecule has 0 unspecified atom stereocenters. The maximum Gasteiger partial charge on any atom is 0.185 e. The number of thiocarbonyl (C=S) groups is 1. The van der Waals surface area contributed by atoms with Crippen molar-refractivity contribution in [3.05, 3.63) is 29.8 Å². The van der Waals surface area contributed by atoms with Gasteiger partial charge in [-0.15, -0.1) is 0 Å². The predicted octanol–water partition coefficient (Wildman–Crippen LogP) is 2.15. The van der Waals surface area contributed by atoms with Gasteiger partial charge in [0, 0.05) is 19.3 Å². The molecule has 1 aromatic rings. The van der Waals surface area contributed by atoms with E-state index in [4.69, 9.17) is 12.2 Å². The number of hydrogen-bond acceptors (Lipinski definition) is 2. The minimum atomic E-state index is 0.614. The van der Waals surface area contributed by atoms with Gasteiger partial charge in [-0.2, -0.15) is 0 Å². The summed E-state index contributed by atoms with van der Waals surface area (Å²) in [7, 11) is 1.95. The van der Waals surface area contributed by atoms with E-state index in [0.717, 1.165) is 12.2 Å². The standard InChI is InChI=1S/C11H17N3S/c1-4-14(3)13-11(15)12-10-7-5-9(2)6-8-10/h5-8H,4H2,1-3H3,(H2,12,13,15). The summed E-state index contributed by atoms with van der Waals surface area (Å²) in [6.45, 7) is 5.02. The summed E-state index contributed by atoms with van der Waals surface area (Å²) in [5.41, 5.74) is 5.29. The van der Waals surface area contributed by atoms with Crippen molar-refractivity contribution in [2.24, 2.45) is 0 Å². The van der Waals surface area contributed by atoms with Crippen molar-refractivity contribution in [2.45, 2.75) is 13.8 Å². The number of rotatable bonds is 3. The monoisotopic (exact) mass is 223 g/mol. The Labute approximate surface area is 96.4 Å². The van der Waals surface area contributed by atoms with Crippen LogP contribution >= 0.6 is 12.2 Å². The fourth-order valence-corrected chi connectivity index (χ4v) is 1.32. The molecule has 4 heteroatoms. The smallest absolute Gasteiger partial charge is 0.185 e. The van der Waals surface area contributed by atoms with E-state index in [2.05, 4.69) is 36.7 Å². The first kappa shape index (κ1) is 11.9. The number of aryl methyl sites for hydroxylation is 1. The molecule has 15 heavy (non-hydrogen) atoms. The Kier molecular flexibility index (Phi) is 4.52.